The smallest absolute Gasteiger partial charge is 0.265 e. The number of hydrogen-bond donors (Lipinski definition) is 2. The van der Waals surface area contributed by atoms with Crippen molar-refractivity contribution >= 4 is 34.3 Å². The van der Waals surface area contributed by atoms with Crippen molar-refractivity contribution in [3.05, 3.63) is 33.3 Å². The molecule has 2 N–H and O–H groups in total. The number of benzene rings is 1. The van der Waals surface area contributed by atoms with E-state index in [9.17, 15) is 19.5 Å². The minimum Gasteiger partial charge on any atom is -0.507 e. The fraction of sp³-hybridized carbons (Fsp3) is 0.286. The Morgan fingerprint density at radius 2 is 2.09 bits per heavy atom. The molecule has 8 heteroatoms. The molecule has 0 aliphatic carbocycles. The highest BCUT2D eigenvalue weighted by Crippen LogP contribution is 2.27. The van der Waals surface area contributed by atoms with Crippen molar-refractivity contribution in [3.8, 4) is 5.75 Å². The molecule has 1 fully saturated rings. The van der Waals surface area contributed by atoms with Gasteiger partial charge in [0.2, 0.25) is 11.8 Å². The summed E-state index contributed by atoms with van der Waals surface area (Å²) in [7, 11) is 0. The number of fused-ring (bicyclic) bond motifs is 1. The third kappa shape index (κ3) is 2.23. The highest BCUT2D eigenvalue weighted by Gasteiger charge is 2.30. The lowest BCUT2D eigenvalue weighted by atomic mass is 10.1. The maximum absolute atomic E-state index is 12.7. The Morgan fingerprint density at radius 1 is 1.36 bits per heavy atom. The Hall–Kier alpha value is -2.41. The van der Waals surface area contributed by atoms with Crippen LogP contribution in [0.25, 0.3) is 10.9 Å². The summed E-state index contributed by atoms with van der Waals surface area (Å²) in [6.45, 7) is 1.59. The molecule has 1 atom stereocenters. The number of aryl methyl sites for hydroxylation is 1. The van der Waals surface area contributed by atoms with Crippen molar-refractivity contribution in [3.63, 3.8) is 0 Å². The Kier molecular flexibility index (Phi) is 3.37. The van der Waals surface area contributed by atoms with Crippen molar-refractivity contribution in [2.24, 2.45) is 0 Å². The zero-order valence-electron chi connectivity index (χ0n) is 11.6. The van der Waals surface area contributed by atoms with E-state index in [1.54, 1.807) is 6.92 Å². The van der Waals surface area contributed by atoms with Crippen LogP contribution in [-0.2, 0) is 9.59 Å². The Balaban J connectivity index is 2.25. The van der Waals surface area contributed by atoms with Crippen LogP contribution in [0.5, 0.6) is 5.75 Å². The minimum atomic E-state index is -0.822. The summed E-state index contributed by atoms with van der Waals surface area (Å²) >= 11 is 5.85. The lowest BCUT2D eigenvalue weighted by molar-refractivity contribution is -0.135. The van der Waals surface area contributed by atoms with Gasteiger partial charge in [0.15, 0.2) is 0 Å². The van der Waals surface area contributed by atoms with Gasteiger partial charge in [-0.15, -0.1) is 0 Å². The number of hydrogen-bond acceptors (Lipinski definition) is 5. The van der Waals surface area contributed by atoms with Crippen LogP contribution in [0.2, 0.25) is 5.02 Å². The van der Waals surface area contributed by atoms with E-state index >= 15 is 0 Å². The second kappa shape index (κ2) is 5.10. The predicted octanol–water partition coefficient (Wildman–Crippen LogP) is 1.04. The second-order valence-electron chi connectivity index (χ2n) is 5.12. The van der Waals surface area contributed by atoms with Gasteiger partial charge in [-0.1, -0.05) is 11.6 Å². The number of nitrogens with one attached hydrogen (secondary N) is 1. The van der Waals surface area contributed by atoms with E-state index in [1.165, 1.54) is 16.7 Å². The van der Waals surface area contributed by atoms with Crippen molar-refractivity contribution in [2.45, 2.75) is 25.8 Å². The quantitative estimate of drug-likeness (QED) is 0.764. The number of aromatic hydroxyl groups is 1. The van der Waals surface area contributed by atoms with E-state index < -0.39 is 17.5 Å². The van der Waals surface area contributed by atoms with Gasteiger partial charge in [-0.05, 0) is 25.5 Å². The number of nitrogens with zero attached hydrogens (tertiary/aromatic N) is 2. The molecule has 1 aromatic carbocycles. The highest BCUT2D eigenvalue weighted by atomic mass is 35.5. The SMILES string of the molecule is Cc1nc2cc(Cl)cc(O)c2c(=O)n1C1CCC(=O)NC1=O. The molecule has 0 saturated carbocycles. The third-order valence-electron chi connectivity index (χ3n) is 3.65. The van der Waals surface area contributed by atoms with E-state index in [0.29, 0.717) is 5.82 Å². The normalized spacial score (nSPS) is 18.5. The van der Waals surface area contributed by atoms with Gasteiger partial charge >= 0.3 is 0 Å². The molecule has 0 bridgehead atoms. The van der Waals surface area contributed by atoms with Crippen LogP contribution in [0.15, 0.2) is 16.9 Å². The van der Waals surface area contributed by atoms with Gasteiger partial charge in [-0.25, -0.2) is 4.98 Å². The zero-order chi connectivity index (χ0) is 16.0. The Labute approximate surface area is 129 Å². The molecule has 3 rings (SSSR count). The number of piperidine rings is 1. The molecule has 22 heavy (non-hydrogen) atoms. The van der Waals surface area contributed by atoms with Gasteiger partial charge in [0.05, 0.1) is 5.52 Å². The molecule has 1 aliphatic rings. The van der Waals surface area contributed by atoms with E-state index in [0.717, 1.165) is 0 Å². The maximum Gasteiger partial charge on any atom is 0.265 e. The lowest BCUT2D eigenvalue weighted by Crippen LogP contribution is -2.45. The Bertz CT molecular complexity index is 874. The van der Waals surface area contributed by atoms with Gasteiger partial charge in [0, 0.05) is 11.4 Å². The van der Waals surface area contributed by atoms with Crippen LogP contribution in [0.3, 0.4) is 0 Å². The fourth-order valence-electron chi connectivity index (χ4n) is 2.68. The van der Waals surface area contributed by atoms with Gasteiger partial charge in [-0.3, -0.25) is 24.3 Å². The summed E-state index contributed by atoms with van der Waals surface area (Å²) in [6.07, 6.45) is 0.361. The predicted molar refractivity (Wildman–Crippen MR) is 78.8 cm³/mol. The first-order valence-corrected chi connectivity index (χ1v) is 7.01. The molecular formula is C14H12ClN3O4. The maximum atomic E-state index is 12.7. The molecule has 114 valence electrons. The molecule has 2 amide bonds. The summed E-state index contributed by atoms with van der Waals surface area (Å²) < 4.78 is 1.21. The number of carbonyl (C=O) groups is 2. The van der Waals surface area contributed by atoms with Crippen LogP contribution in [0.4, 0.5) is 0 Å². The number of rotatable bonds is 1. The molecule has 1 saturated heterocycles. The highest BCUT2D eigenvalue weighted by molar-refractivity contribution is 6.31. The molecule has 0 spiro atoms. The second-order valence-corrected chi connectivity index (χ2v) is 5.56. The van der Waals surface area contributed by atoms with E-state index in [4.69, 9.17) is 11.6 Å². The molecule has 1 aliphatic heterocycles. The lowest BCUT2D eigenvalue weighted by Gasteiger charge is -2.24. The molecule has 1 aromatic heterocycles. The molecule has 2 aromatic rings. The van der Waals surface area contributed by atoms with Crippen molar-refractivity contribution in [1.82, 2.24) is 14.9 Å². The van der Waals surface area contributed by atoms with E-state index in [1.807, 2.05) is 0 Å². The van der Waals surface area contributed by atoms with Gasteiger partial charge < -0.3 is 5.11 Å². The molecule has 7 nitrogen and oxygen atoms in total. The van der Waals surface area contributed by atoms with Crippen LogP contribution in [-0.4, -0.2) is 26.5 Å². The van der Waals surface area contributed by atoms with Gasteiger partial charge in [-0.2, -0.15) is 0 Å². The zero-order valence-corrected chi connectivity index (χ0v) is 12.3. The van der Waals surface area contributed by atoms with Crippen LogP contribution in [0.1, 0.15) is 24.7 Å². The van der Waals surface area contributed by atoms with Crippen molar-refractivity contribution in [2.75, 3.05) is 0 Å². The first kappa shape index (κ1) is 14.5. The average Bonchev–Trinajstić information content (AvgIpc) is 2.39. The first-order chi connectivity index (χ1) is 10.4. The standard InChI is InChI=1S/C14H12ClN3O4/c1-6-16-8-4-7(15)5-10(19)12(8)14(22)18(6)9-2-3-11(20)17-13(9)21/h4-5,9,19H,2-3H2,1H3,(H,17,20,21). The van der Waals surface area contributed by atoms with Crippen LogP contribution in [0, 0.1) is 6.92 Å². The number of carbonyl (C=O) groups excluding carboxylic acids is 2. The summed E-state index contributed by atoms with van der Waals surface area (Å²) in [6, 6.07) is 1.90. The minimum absolute atomic E-state index is 0.000278. The number of aromatic nitrogens is 2. The number of imide groups is 1. The van der Waals surface area contributed by atoms with Crippen LogP contribution >= 0.6 is 11.6 Å². The summed E-state index contributed by atoms with van der Waals surface area (Å²) in [5.41, 5.74) is -0.276. The molecule has 0 radical (unpaired) electrons. The number of amides is 2. The van der Waals surface area contributed by atoms with E-state index in [-0.39, 0.29) is 40.4 Å². The number of phenolic OH excluding ortho intramolecular Hbond substituents is 1. The summed E-state index contributed by atoms with van der Waals surface area (Å²) in [5, 5.41) is 12.4. The molecule has 1 unspecified atom stereocenters. The van der Waals surface area contributed by atoms with Crippen LogP contribution < -0.4 is 10.9 Å². The monoisotopic (exact) mass is 321 g/mol. The average molecular weight is 322 g/mol. The molecule has 2 heterocycles. The fourth-order valence-corrected chi connectivity index (χ4v) is 2.88. The number of phenols is 1. The topological polar surface area (TPSA) is 101 Å². The summed E-state index contributed by atoms with van der Waals surface area (Å²) in [4.78, 5) is 40.1. The summed E-state index contributed by atoms with van der Waals surface area (Å²) in [5.74, 6) is -0.888. The Morgan fingerprint density at radius 3 is 2.77 bits per heavy atom. The van der Waals surface area contributed by atoms with Gasteiger partial charge in [0.1, 0.15) is 23.0 Å². The third-order valence-corrected chi connectivity index (χ3v) is 3.87. The van der Waals surface area contributed by atoms with E-state index in [2.05, 4.69) is 10.3 Å². The largest absolute Gasteiger partial charge is 0.507 e. The first-order valence-electron chi connectivity index (χ1n) is 6.63. The molecular weight excluding hydrogens is 310 g/mol. The van der Waals surface area contributed by atoms with Crippen molar-refractivity contribution in [1.29, 1.82) is 0 Å². The van der Waals surface area contributed by atoms with Crippen molar-refractivity contribution < 1.29 is 14.7 Å². The number of halogens is 1. The van der Waals surface area contributed by atoms with Gasteiger partial charge in [0.25, 0.3) is 5.56 Å².